The summed E-state index contributed by atoms with van der Waals surface area (Å²) in [5.74, 6) is 0.846. The van der Waals surface area contributed by atoms with Gasteiger partial charge in [0.1, 0.15) is 5.82 Å². The van der Waals surface area contributed by atoms with Crippen LogP contribution >= 0.6 is 0 Å². The molecule has 0 saturated carbocycles. The minimum Gasteiger partial charge on any atom is -0.373 e. The Balaban J connectivity index is 2.25. The highest BCUT2D eigenvalue weighted by Crippen LogP contribution is 2.18. The molecule has 0 saturated heterocycles. The van der Waals surface area contributed by atoms with Gasteiger partial charge in [0.25, 0.3) is 5.91 Å². The van der Waals surface area contributed by atoms with Crippen molar-refractivity contribution in [3.63, 3.8) is 0 Å². The first-order valence-corrected chi connectivity index (χ1v) is 7.07. The maximum Gasteiger partial charge on any atom is 0.255 e. The first-order valence-electron chi connectivity index (χ1n) is 7.07. The second-order valence-corrected chi connectivity index (χ2v) is 5.39. The van der Waals surface area contributed by atoms with Gasteiger partial charge < -0.3 is 10.6 Å². The van der Waals surface area contributed by atoms with Gasteiger partial charge in [-0.15, -0.1) is 0 Å². The lowest BCUT2D eigenvalue weighted by molar-refractivity contribution is 0.102. The molecule has 4 heteroatoms. The Bertz CT molecular complexity index is 633. The largest absolute Gasteiger partial charge is 0.373 e. The number of carbonyl (C=O) groups is 1. The van der Waals surface area contributed by atoms with E-state index in [0.29, 0.717) is 11.4 Å². The zero-order chi connectivity index (χ0) is 15.4. The molecule has 1 heterocycles. The normalized spacial score (nSPS) is 10.5. The van der Waals surface area contributed by atoms with E-state index in [4.69, 9.17) is 0 Å². The van der Waals surface area contributed by atoms with Crippen LogP contribution in [-0.4, -0.2) is 17.9 Å². The molecule has 0 aliphatic heterocycles. The van der Waals surface area contributed by atoms with E-state index in [9.17, 15) is 4.79 Å². The van der Waals surface area contributed by atoms with Crippen molar-refractivity contribution in [2.45, 2.75) is 26.7 Å². The molecule has 4 nitrogen and oxygen atoms in total. The standard InChI is InChI=1S/C17H21N3O/c1-11(2)15-9-13(10-16(18-4)20-15)17(21)19-14-7-5-12(3)6-8-14/h5-11H,1-4H3,(H,18,20)(H,19,21). The Hall–Kier alpha value is -2.36. The summed E-state index contributed by atoms with van der Waals surface area (Å²) in [4.78, 5) is 16.8. The van der Waals surface area contributed by atoms with Crippen LogP contribution in [0.1, 0.15) is 41.4 Å². The molecule has 2 aromatic rings. The summed E-state index contributed by atoms with van der Waals surface area (Å²) in [7, 11) is 1.80. The number of benzene rings is 1. The first-order chi connectivity index (χ1) is 9.99. The monoisotopic (exact) mass is 283 g/mol. The molecule has 1 aromatic heterocycles. The van der Waals surface area contributed by atoms with E-state index in [1.165, 1.54) is 0 Å². The summed E-state index contributed by atoms with van der Waals surface area (Å²) in [6, 6.07) is 11.3. The van der Waals surface area contributed by atoms with Crippen LogP contribution in [0.2, 0.25) is 0 Å². The van der Waals surface area contributed by atoms with Crippen molar-refractivity contribution in [2.24, 2.45) is 0 Å². The molecule has 0 atom stereocenters. The van der Waals surface area contributed by atoms with Crippen molar-refractivity contribution in [2.75, 3.05) is 17.7 Å². The SMILES string of the molecule is CNc1cc(C(=O)Nc2ccc(C)cc2)cc(C(C)C)n1. The zero-order valence-electron chi connectivity index (χ0n) is 12.9. The average Bonchev–Trinajstić information content (AvgIpc) is 2.49. The number of nitrogens with one attached hydrogen (secondary N) is 2. The number of anilines is 2. The molecule has 0 fully saturated rings. The predicted molar refractivity (Wildman–Crippen MR) is 87.0 cm³/mol. The van der Waals surface area contributed by atoms with Gasteiger partial charge in [-0.2, -0.15) is 0 Å². The lowest BCUT2D eigenvalue weighted by atomic mass is 10.1. The summed E-state index contributed by atoms with van der Waals surface area (Å²) in [6.07, 6.45) is 0. The van der Waals surface area contributed by atoms with Gasteiger partial charge in [-0.1, -0.05) is 31.5 Å². The van der Waals surface area contributed by atoms with Gasteiger partial charge in [-0.3, -0.25) is 4.79 Å². The van der Waals surface area contributed by atoms with Gasteiger partial charge in [0, 0.05) is 24.0 Å². The Morgan fingerprint density at radius 3 is 2.38 bits per heavy atom. The van der Waals surface area contributed by atoms with Crippen molar-refractivity contribution in [3.05, 3.63) is 53.2 Å². The van der Waals surface area contributed by atoms with Crippen LogP contribution in [-0.2, 0) is 0 Å². The van der Waals surface area contributed by atoms with Crippen molar-refractivity contribution >= 4 is 17.4 Å². The maximum atomic E-state index is 12.4. The molecule has 1 aromatic carbocycles. The molecule has 0 spiro atoms. The van der Waals surface area contributed by atoms with Crippen LogP contribution in [0.15, 0.2) is 36.4 Å². The number of aryl methyl sites for hydroxylation is 1. The first kappa shape index (κ1) is 15.0. The van der Waals surface area contributed by atoms with E-state index in [-0.39, 0.29) is 11.8 Å². The summed E-state index contributed by atoms with van der Waals surface area (Å²) >= 11 is 0. The highest BCUT2D eigenvalue weighted by molar-refractivity contribution is 6.04. The van der Waals surface area contributed by atoms with Crippen LogP contribution in [0.5, 0.6) is 0 Å². The number of hydrogen-bond acceptors (Lipinski definition) is 3. The highest BCUT2D eigenvalue weighted by atomic mass is 16.1. The van der Waals surface area contributed by atoms with Crippen molar-refractivity contribution < 1.29 is 4.79 Å². The molecule has 2 N–H and O–H groups in total. The highest BCUT2D eigenvalue weighted by Gasteiger charge is 2.11. The number of pyridine rings is 1. The van der Waals surface area contributed by atoms with Crippen LogP contribution in [0.3, 0.4) is 0 Å². The molecule has 110 valence electrons. The number of amides is 1. The summed E-state index contributed by atoms with van der Waals surface area (Å²) in [6.45, 7) is 6.13. The molecule has 0 aliphatic rings. The Labute approximate surface area is 125 Å². The lowest BCUT2D eigenvalue weighted by Crippen LogP contribution is -2.13. The van der Waals surface area contributed by atoms with E-state index in [0.717, 1.165) is 16.9 Å². The predicted octanol–water partition coefficient (Wildman–Crippen LogP) is 3.81. The van der Waals surface area contributed by atoms with Crippen LogP contribution in [0.4, 0.5) is 11.5 Å². The summed E-state index contributed by atoms with van der Waals surface area (Å²) in [5, 5.41) is 5.91. The molecule has 1 amide bonds. The number of carbonyl (C=O) groups excluding carboxylic acids is 1. The van der Waals surface area contributed by atoms with E-state index in [2.05, 4.69) is 29.5 Å². The van der Waals surface area contributed by atoms with Gasteiger partial charge in [-0.05, 0) is 37.1 Å². The Morgan fingerprint density at radius 1 is 1.14 bits per heavy atom. The minimum absolute atomic E-state index is 0.125. The molecular weight excluding hydrogens is 262 g/mol. The summed E-state index contributed by atoms with van der Waals surface area (Å²) < 4.78 is 0. The third kappa shape index (κ3) is 3.81. The molecule has 2 rings (SSSR count). The average molecular weight is 283 g/mol. The fourth-order valence-electron chi connectivity index (χ4n) is 1.95. The van der Waals surface area contributed by atoms with E-state index in [1.54, 1.807) is 13.1 Å². The molecule has 21 heavy (non-hydrogen) atoms. The zero-order valence-corrected chi connectivity index (χ0v) is 12.9. The maximum absolute atomic E-state index is 12.4. The quantitative estimate of drug-likeness (QED) is 0.897. The van der Waals surface area contributed by atoms with Gasteiger partial charge in [0.2, 0.25) is 0 Å². The second kappa shape index (κ2) is 6.39. The third-order valence-corrected chi connectivity index (χ3v) is 3.26. The fraction of sp³-hybridized carbons (Fsp3) is 0.294. The van der Waals surface area contributed by atoms with Crippen LogP contribution < -0.4 is 10.6 Å². The van der Waals surface area contributed by atoms with Crippen LogP contribution in [0.25, 0.3) is 0 Å². The van der Waals surface area contributed by atoms with Gasteiger partial charge in [0.05, 0.1) is 0 Å². The minimum atomic E-state index is -0.125. The lowest BCUT2D eigenvalue weighted by Gasteiger charge is -2.11. The molecule has 0 unspecified atom stereocenters. The molecule has 0 radical (unpaired) electrons. The number of nitrogens with zero attached hydrogens (tertiary/aromatic N) is 1. The fourth-order valence-corrected chi connectivity index (χ4v) is 1.95. The smallest absolute Gasteiger partial charge is 0.255 e. The van der Waals surface area contributed by atoms with Crippen molar-refractivity contribution in [3.8, 4) is 0 Å². The van der Waals surface area contributed by atoms with Crippen LogP contribution in [0, 0.1) is 6.92 Å². The topological polar surface area (TPSA) is 54.0 Å². The molecule has 0 bridgehead atoms. The Kier molecular flexibility index (Phi) is 4.58. The molecule has 0 aliphatic carbocycles. The number of aromatic nitrogens is 1. The van der Waals surface area contributed by atoms with Gasteiger partial charge in [-0.25, -0.2) is 4.98 Å². The van der Waals surface area contributed by atoms with E-state index in [1.807, 2.05) is 37.3 Å². The van der Waals surface area contributed by atoms with Gasteiger partial charge in [0.15, 0.2) is 0 Å². The Morgan fingerprint density at radius 2 is 1.81 bits per heavy atom. The van der Waals surface area contributed by atoms with E-state index < -0.39 is 0 Å². The van der Waals surface area contributed by atoms with Crippen molar-refractivity contribution in [1.82, 2.24) is 4.98 Å². The van der Waals surface area contributed by atoms with Crippen molar-refractivity contribution in [1.29, 1.82) is 0 Å². The summed E-state index contributed by atoms with van der Waals surface area (Å²) in [5.41, 5.74) is 3.46. The third-order valence-electron chi connectivity index (χ3n) is 3.26. The van der Waals surface area contributed by atoms with E-state index >= 15 is 0 Å². The molecular formula is C17H21N3O. The number of rotatable bonds is 4. The second-order valence-electron chi connectivity index (χ2n) is 5.39. The number of hydrogen-bond donors (Lipinski definition) is 2. The van der Waals surface area contributed by atoms with Gasteiger partial charge >= 0.3 is 0 Å².